The molecule has 19 heavy (non-hydrogen) atoms. The Morgan fingerprint density at radius 3 is 2.74 bits per heavy atom. The van der Waals surface area contributed by atoms with Crippen molar-refractivity contribution in [2.24, 2.45) is 0 Å². The van der Waals surface area contributed by atoms with Crippen LogP contribution in [0.3, 0.4) is 0 Å². The zero-order chi connectivity index (χ0) is 14.0. The Labute approximate surface area is 115 Å². The van der Waals surface area contributed by atoms with Crippen LogP contribution in [0.4, 0.5) is 0 Å². The van der Waals surface area contributed by atoms with Crippen LogP contribution in [-0.4, -0.2) is 31.6 Å². The predicted octanol–water partition coefficient (Wildman–Crippen LogP) is 2.57. The van der Waals surface area contributed by atoms with Crippen molar-refractivity contribution in [3.8, 4) is 5.75 Å². The Hall–Kier alpha value is -1.07. The molecule has 1 aliphatic heterocycles. The molecule has 0 saturated carbocycles. The van der Waals surface area contributed by atoms with E-state index in [2.05, 4.69) is 0 Å². The van der Waals surface area contributed by atoms with Gasteiger partial charge in [0, 0.05) is 12.6 Å². The minimum Gasteiger partial charge on any atom is -0.497 e. The average Bonchev–Trinajstić information content (AvgIpc) is 2.88. The molecule has 0 aromatic heterocycles. The molecule has 5 heteroatoms. The lowest BCUT2D eigenvalue weighted by molar-refractivity contribution is 0.386. The molecule has 0 bridgehead atoms. The smallest absolute Gasteiger partial charge is 0.216 e. The summed E-state index contributed by atoms with van der Waals surface area (Å²) in [6.07, 6.45) is 1.78. The van der Waals surface area contributed by atoms with E-state index in [1.165, 1.54) is 0 Å². The summed E-state index contributed by atoms with van der Waals surface area (Å²) >= 11 is 0. The van der Waals surface area contributed by atoms with Crippen molar-refractivity contribution in [3.63, 3.8) is 0 Å². The molecule has 2 rings (SSSR count). The van der Waals surface area contributed by atoms with Gasteiger partial charge in [-0.1, -0.05) is 12.1 Å². The Kier molecular flexibility index (Phi) is 4.16. The number of rotatable bonds is 4. The lowest BCUT2D eigenvalue weighted by atomic mass is 10.1. The van der Waals surface area contributed by atoms with Crippen LogP contribution in [0.15, 0.2) is 24.3 Å². The maximum Gasteiger partial charge on any atom is 0.216 e. The van der Waals surface area contributed by atoms with Gasteiger partial charge in [0.25, 0.3) is 0 Å². The molecule has 1 heterocycles. The van der Waals surface area contributed by atoms with Crippen LogP contribution in [-0.2, 0) is 10.0 Å². The molecule has 1 aromatic carbocycles. The normalized spacial score (nSPS) is 20.9. The first-order valence-electron chi connectivity index (χ1n) is 6.61. The van der Waals surface area contributed by atoms with Crippen molar-refractivity contribution in [2.45, 2.75) is 38.0 Å². The fourth-order valence-electron chi connectivity index (χ4n) is 2.50. The van der Waals surface area contributed by atoms with E-state index in [0.29, 0.717) is 6.54 Å². The van der Waals surface area contributed by atoms with Gasteiger partial charge >= 0.3 is 0 Å². The zero-order valence-corrected chi connectivity index (χ0v) is 12.5. The van der Waals surface area contributed by atoms with Gasteiger partial charge in [0.05, 0.1) is 12.4 Å². The molecule has 4 nitrogen and oxygen atoms in total. The minimum atomic E-state index is -3.20. The summed E-state index contributed by atoms with van der Waals surface area (Å²) in [5, 5.41) is -0.376. The Morgan fingerprint density at radius 1 is 1.37 bits per heavy atom. The Morgan fingerprint density at radius 2 is 2.11 bits per heavy atom. The third kappa shape index (κ3) is 2.77. The Balaban J connectivity index is 2.33. The highest BCUT2D eigenvalue weighted by Gasteiger charge is 2.36. The summed E-state index contributed by atoms with van der Waals surface area (Å²) in [5.74, 6) is 0.770. The van der Waals surface area contributed by atoms with Crippen LogP contribution >= 0.6 is 0 Å². The second-order valence-electron chi connectivity index (χ2n) is 5.14. The number of sulfonamides is 1. The van der Waals surface area contributed by atoms with Crippen molar-refractivity contribution >= 4 is 10.0 Å². The predicted molar refractivity (Wildman–Crippen MR) is 75.7 cm³/mol. The summed E-state index contributed by atoms with van der Waals surface area (Å²) in [6.45, 7) is 4.08. The van der Waals surface area contributed by atoms with E-state index in [-0.39, 0.29) is 11.3 Å². The molecule has 106 valence electrons. The highest BCUT2D eigenvalue weighted by Crippen LogP contribution is 2.36. The zero-order valence-electron chi connectivity index (χ0n) is 11.7. The van der Waals surface area contributed by atoms with E-state index in [1.54, 1.807) is 25.3 Å². The first-order valence-corrected chi connectivity index (χ1v) is 8.11. The van der Waals surface area contributed by atoms with Crippen molar-refractivity contribution < 1.29 is 13.2 Å². The standard InChI is InChI=1S/C14H21NO3S/c1-11(2)19(16,17)15-9-5-8-14(15)12-6-4-7-13(10-12)18-3/h4,6-7,10-11,14H,5,8-9H2,1-3H3. The average molecular weight is 283 g/mol. The van der Waals surface area contributed by atoms with E-state index in [4.69, 9.17) is 4.74 Å². The third-order valence-corrected chi connectivity index (χ3v) is 5.89. The molecule has 0 amide bonds. The molecular formula is C14H21NO3S. The van der Waals surface area contributed by atoms with Gasteiger partial charge < -0.3 is 4.74 Å². The number of nitrogens with zero attached hydrogens (tertiary/aromatic N) is 1. The highest BCUT2D eigenvalue weighted by molar-refractivity contribution is 7.89. The molecule has 0 N–H and O–H groups in total. The van der Waals surface area contributed by atoms with Crippen LogP contribution in [0.1, 0.15) is 38.3 Å². The SMILES string of the molecule is COc1cccc(C2CCCN2S(=O)(=O)C(C)C)c1. The number of ether oxygens (including phenoxy) is 1. The summed E-state index contributed by atoms with van der Waals surface area (Å²) in [6, 6.07) is 7.63. The van der Waals surface area contributed by atoms with Crippen LogP contribution in [0.2, 0.25) is 0 Å². The first kappa shape index (κ1) is 14.3. The molecule has 1 unspecified atom stereocenters. The number of methoxy groups -OCH3 is 1. The second kappa shape index (κ2) is 5.51. The molecule has 0 radical (unpaired) electrons. The van der Waals surface area contributed by atoms with Gasteiger partial charge in [0.15, 0.2) is 0 Å². The fourth-order valence-corrected chi connectivity index (χ4v) is 4.00. The topological polar surface area (TPSA) is 46.6 Å². The number of hydrogen-bond acceptors (Lipinski definition) is 3. The summed E-state index contributed by atoms with van der Waals surface area (Å²) in [4.78, 5) is 0. The van der Waals surface area contributed by atoms with Gasteiger partial charge in [-0.25, -0.2) is 8.42 Å². The lowest BCUT2D eigenvalue weighted by Gasteiger charge is -2.26. The van der Waals surface area contributed by atoms with Crippen molar-refractivity contribution in [1.82, 2.24) is 4.31 Å². The largest absolute Gasteiger partial charge is 0.497 e. The molecule has 1 fully saturated rings. The first-order chi connectivity index (χ1) is 8.96. The maximum atomic E-state index is 12.4. The third-order valence-electron chi connectivity index (χ3n) is 3.60. The number of hydrogen-bond donors (Lipinski definition) is 0. The van der Waals surface area contributed by atoms with Crippen molar-refractivity contribution in [2.75, 3.05) is 13.7 Å². The minimum absolute atomic E-state index is 0.0532. The van der Waals surface area contributed by atoms with Crippen LogP contribution in [0.25, 0.3) is 0 Å². The highest BCUT2D eigenvalue weighted by atomic mass is 32.2. The van der Waals surface area contributed by atoms with Crippen LogP contribution in [0, 0.1) is 0 Å². The molecule has 0 spiro atoms. The monoisotopic (exact) mass is 283 g/mol. The quantitative estimate of drug-likeness (QED) is 0.853. The van der Waals surface area contributed by atoms with Gasteiger partial charge in [-0.3, -0.25) is 0 Å². The summed E-state index contributed by atoms with van der Waals surface area (Å²) in [7, 11) is -1.58. The van der Waals surface area contributed by atoms with Gasteiger partial charge in [-0.15, -0.1) is 0 Å². The van der Waals surface area contributed by atoms with Gasteiger partial charge in [0.1, 0.15) is 5.75 Å². The van der Waals surface area contributed by atoms with Crippen LogP contribution in [0.5, 0.6) is 5.75 Å². The summed E-state index contributed by atoms with van der Waals surface area (Å²) < 4.78 is 31.6. The van der Waals surface area contributed by atoms with Gasteiger partial charge in [-0.05, 0) is 44.4 Å². The lowest BCUT2D eigenvalue weighted by Crippen LogP contribution is -2.35. The van der Waals surface area contributed by atoms with E-state index < -0.39 is 10.0 Å². The maximum absolute atomic E-state index is 12.4. The molecule has 1 aromatic rings. The summed E-state index contributed by atoms with van der Waals surface area (Å²) in [5.41, 5.74) is 1.01. The van der Waals surface area contributed by atoms with Gasteiger partial charge in [0.2, 0.25) is 10.0 Å². The van der Waals surface area contributed by atoms with E-state index >= 15 is 0 Å². The molecule has 1 aliphatic rings. The molecule has 1 saturated heterocycles. The van der Waals surface area contributed by atoms with E-state index in [0.717, 1.165) is 24.2 Å². The van der Waals surface area contributed by atoms with Gasteiger partial charge in [-0.2, -0.15) is 4.31 Å². The van der Waals surface area contributed by atoms with Crippen LogP contribution < -0.4 is 4.74 Å². The molecule has 0 aliphatic carbocycles. The second-order valence-corrected chi connectivity index (χ2v) is 7.58. The van der Waals surface area contributed by atoms with Crippen molar-refractivity contribution in [1.29, 1.82) is 0 Å². The molecular weight excluding hydrogens is 262 g/mol. The fraction of sp³-hybridized carbons (Fsp3) is 0.571. The van der Waals surface area contributed by atoms with E-state index in [9.17, 15) is 8.42 Å². The number of benzene rings is 1. The molecule has 1 atom stereocenters. The van der Waals surface area contributed by atoms with E-state index in [1.807, 2.05) is 24.3 Å². The Bertz CT molecular complexity index is 539. The van der Waals surface area contributed by atoms with Crippen molar-refractivity contribution in [3.05, 3.63) is 29.8 Å².